The first-order chi connectivity index (χ1) is 13.2. The van der Waals surface area contributed by atoms with E-state index in [4.69, 9.17) is 4.42 Å². The molecular formula is C19H25N3O5S. The molecule has 2 aromatic rings. The van der Waals surface area contributed by atoms with Crippen molar-refractivity contribution in [1.29, 1.82) is 0 Å². The maximum absolute atomic E-state index is 12.7. The minimum Gasteiger partial charge on any atom is -0.467 e. The van der Waals surface area contributed by atoms with Gasteiger partial charge in [-0.05, 0) is 42.3 Å². The average molecular weight is 407 g/mol. The predicted molar refractivity (Wildman–Crippen MR) is 105 cm³/mol. The Balaban J connectivity index is 2.01. The molecule has 0 aliphatic heterocycles. The van der Waals surface area contributed by atoms with Gasteiger partial charge in [0.15, 0.2) is 0 Å². The van der Waals surface area contributed by atoms with Crippen molar-refractivity contribution in [2.45, 2.75) is 44.7 Å². The second kappa shape index (κ2) is 9.52. The summed E-state index contributed by atoms with van der Waals surface area (Å²) in [4.78, 5) is 23.3. The smallest absolute Gasteiger partial charge is 0.240 e. The van der Waals surface area contributed by atoms with Crippen molar-refractivity contribution >= 4 is 27.5 Å². The molecule has 0 saturated carbocycles. The number of amides is 2. The van der Waals surface area contributed by atoms with E-state index in [1.165, 1.54) is 37.5 Å². The summed E-state index contributed by atoms with van der Waals surface area (Å²) in [6.07, 6.45) is 1.52. The van der Waals surface area contributed by atoms with E-state index in [-0.39, 0.29) is 35.6 Å². The van der Waals surface area contributed by atoms with Gasteiger partial charge in [0.1, 0.15) is 5.76 Å². The van der Waals surface area contributed by atoms with Gasteiger partial charge < -0.3 is 15.1 Å². The first-order valence-corrected chi connectivity index (χ1v) is 10.3. The summed E-state index contributed by atoms with van der Waals surface area (Å²) in [6, 6.07) is 8.73. The van der Waals surface area contributed by atoms with E-state index < -0.39 is 16.1 Å². The molecule has 9 heteroatoms. The highest BCUT2D eigenvalue weighted by atomic mass is 32.2. The molecule has 0 saturated heterocycles. The second-order valence-electron chi connectivity index (χ2n) is 6.74. The SMILES string of the molecule is CC(=O)Nc1ccc(S(=O)(=O)NC(CC(=O)NCc2ccco2)C(C)C)cc1. The molecule has 0 spiro atoms. The van der Waals surface area contributed by atoms with Gasteiger partial charge in [-0.2, -0.15) is 0 Å². The number of hydrogen-bond donors (Lipinski definition) is 3. The third kappa shape index (κ3) is 6.50. The van der Waals surface area contributed by atoms with Crippen molar-refractivity contribution in [3.63, 3.8) is 0 Å². The van der Waals surface area contributed by atoms with E-state index >= 15 is 0 Å². The normalized spacial score (nSPS) is 12.6. The molecule has 0 bridgehead atoms. The Labute approximate surface area is 164 Å². The van der Waals surface area contributed by atoms with Gasteiger partial charge in [0.2, 0.25) is 21.8 Å². The summed E-state index contributed by atoms with van der Waals surface area (Å²) in [5, 5.41) is 5.29. The van der Waals surface area contributed by atoms with Crippen LogP contribution in [0.1, 0.15) is 33.0 Å². The van der Waals surface area contributed by atoms with Gasteiger partial charge >= 0.3 is 0 Å². The minimum absolute atomic E-state index is 0.00157. The molecule has 152 valence electrons. The zero-order valence-electron chi connectivity index (χ0n) is 16.1. The van der Waals surface area contributed by atoms with Crippen LogP contribution >= 0.6 is 0 Å². The summed E-state index contributed by atoms with van der Waals surface area (Å²) in [7, 11) is -3.81. The number of sulfonamides is 1. The molecule has 28 heavy (non-hydrogen) atoms. The van der Waals surface area contributed by atoms with E-state index in [0.717, 1.165) is 0 Å². The van der Waals surface area contributed by atoms with Crippen molar-refractivity contribution in [2.24, 2.45) is 5.92 Å². The molecule has 1 aromatic heterocycles. The highest BCUT2D eigenvalue weighted by Crippen LogP contribution is 2.17. The molecule has 0 radical (unpaired) electrons. The fourth-order valence-corrected chi connectivity index (χ4v) is 3.86. The lowest BCUT2D eigenvalue weighted by Crippen LogP contribution is -2.42. The van der Waals surface area contributed by atoms with E-state index in [2.05, 4.69) is 15.4 Å². The summed E-state index contributed by atoms with van der Waals surface area (Å²) < 4.78 is 33.1. The summed E-state index contributed by atoms with van der Waals surface area (Å²) in [5.41, 5.74) is 0.504. The Hall–Kier alpha value is -2.65. The minimum atomic E-state index is -3.81. The average Bonchev–Trinajstić information content (AvgIpc) is 3.12. The number of nitrogens with one attached hydrogen (secondary N) is 3. The lowest BCUT2D eigenvalue weighted by molar-refractivity contribution is -0.122. The monoisotopic (exact) mass is 407 g/mol. The van der Waals surface area contributed by atoms with Crippen LogP contribution < -0.4 is 15.4 Å². The largest absolute Gasteiger partial charge is 0.467 e. The molecule has 2 amide bonds. The standard InChI is InChI=1S/C19H25N3O5S/c1-13(2)18(11-19(24)20-12-16-5-4-10-27-16)22-28(25,26)17-8-6-15(7-9-17)21-14(3)23/h4-10,13,18,22H,11-12H2,1-3H3,(H,20,24)(H,21,23). The van der Waals surface area contributed by atoms with Gasteiger partial charge in [0.05, 0.1) is 17.7 Å². The van der Waals surface area contributed by atoms with Gasteiger partial charge in [-0.15, -0.1) is 0 Å². The van der Waals surface area contributed by atoms with E-state index in [0.29, 0.717) is 11.4 Å². The van der Waals surface area contributed by atoms with Crippen LogP contribution in [0.4, 0.5) is 5.69 Å². The van der Waals surface area contributed by atoms with Gasteiger partial charge in [0.25, 0.3) is 0 Å². The fraction of sp³-hybridized carbons (Fsp3) is 0.368. The Morgan fingerprint density at radius 1 is 1.11 bits per heavy atom. The molecule has 0 fully saturated rings. The summed E-state index contributed by atoms with van der Waals surface area (Å²) in [6.45, 7) is 5.30. The van der Waals surface area contributed by atoms with Crippen molar-refractivity contribution in [3.05, 3.63) is 48.4 Å². The fourth-order valence-electron chi connectivity index (χ4n) is 2.47. The van der Waals surface area contributed by atoms with Crippen molar-refractivity contribution in [1.82, 2.24) is 10.0 Å². The van der Waals surface area contributed by atoms with Crippen molar-refractivity contribution < 1.29 is 22.4 Å². The first kappa shape index (κ1) is 21.6. The Morgan fingerprint density at radius 2 is 1.79 bits per heavy atom. The Bertz CT molecular complexity index is 890. The van der Waals surface area contributed by atoms with Crippen LogP contribution in [0.25, 0.3) is 0 Å². The van der Waals surface area contributed by atoms with Gasteiger partial charge in [-0.3, -0.25) is 9.59 Å². The van der Waals surface area contributed by atoms with Crippen LogP contribution in [0.2, 0.25) is 0 Å². The maximum Gasteiger partial charge on any atom is 0.240 e. The highest BCUT2D eigenvalue weighted by Gasteiger charge is 2.24. The van der Waals surface area contributed by atoms with Crippen LogP contribution in [0.3, 0.4) is 0 Å². The van der Waals surface area contributed by atoms with E-state index in [9.17, 15) is 18.0 Å². The quantitative estimate of drug-likeness (QED) is 0.589. The van der Waals surface area contributed by atoms with Crippen LogP contribution in [0, 0.1) is 5.92 Å². The van der Waals surface area contributed by atoms with Crippen LogP contribution in [0.15, 0.2) is 52.0 Å². The number of carbonyl (C=O) groups excluding carboxylic acids is 2. The lowest BCUT2D eigenvalue weighted by atomic mass is 10.0. The first-order valence-electron chi connectivity index (χ1n) is 8.86. The highest BCUT2D eigenvalue weighted by molar-refractivity contribution is 7.89. The molecule has 1 unspecified atom stereocenters. The number of hydrogen-bond acceptors (Lipinski definition) is 5. The van der Waals surface area contributed by atoms with Gasteiger partial charge in [-0.1, -0.05) is 13.8 Å². The van der Waals surface area contributed by atoms with E-state index in [1.54, 1.807) is 12.1 Å². The molecule has 3 N–H and O–H groups in total. The summed E-state index contributed by atoms with van der Waals surface area (Å²) >= 11 is 0. The molecular weight excluding hydrogens is 382 g/mol. The molecule has 0 aliphatic carbocycles. The molecule has 2 rings (SSSR count). The molecule has 1 aromatic carbocycles. The van der Waals surface area contributed by atoms with Gasteiger partial charge in [0, 0.05) is 25.1 Å². The topological polar surface area (TPSA) is 118 Å². The molecule has 1 heterocycles. The van der Waals surface area contributed by atoms with E-state index in [1.807, 2.05) is 13.8 Å². The second-order valence-corrected chi connectivity index (χ2v) is 8.45. The Kier molecular flexibility index (Phi) is 7.36. The van der Waals surface area contributed by atoms with Crippen LogP contribution in [-0.2, 0) is 26.2 Å². The number of benzene rings is 1. The zero-order chi connectivity index (χ0) is 20.7. The number of carbonyl (C=O) groups is 2. The van der Waals surface area contributed by atoms with Crippen molar-refractivity contribution in [2.75, 3.05) is 5.32 Å². The molecule has 1 atom stereocenters. The number of rotatable bonds is 9. The molecule has 0 aliphatic rings. The predicted octanol–water partition coefficient (Wildman–Crippen LogP) is 2.25. The molecule has 8 nitrogen and oxygen atoms in total. The van der Waals surface area contributed by atoms with Crippen LogP contribution in [0.5, 0.6) is 0 Å². The third-order valence-corrected chi connectivity index (χ3v) is 5.55. The summed E-state index contributed by atoms with van der Waals surface area (Å²) in [5.74, 6) is 0.00468. The van der Waals surface area contributed by atoms with Crippen molar-refractivity contribution in [3.8, 4) is 0 Å². The van der Waals surface area contributed by atoms with Gasteiger partial charge in [-0.25, -0.2) is 13.1 Å². The van der Waals surface area contributed by atoms with Crippen LogP contribution in [-0.4, -0.2) is 26.3 Å². The number of furan rings is 1. The zero-order valence-corrected chi connectivity index (χ0v) is 16.9. The maximum atomic E-state index is 12.7. The lowest BCUT2D eigenvalue weighted by Gasteiger charge is -2.22. The Morgan fingerprint density at radius 3 is 2.32 bits per heavy atom. The number of anilines is 1. The third-order valence-electron chi connectivity index (χ3n) is 4.04.